The maximum atomic E-state index is 12.6. The summed E-state index contributed by atoms with van der Waals surface area (Å²) >= 11 is 4.61. The Bertz CT molecular complexity index is 1070. The average molecular weight is 345 g/mol. The van der Waals surface area contributed by atoms with Gasteiger partial charge in [0.1, 0.15) is 11.2 Å². The van der Waals surface area contributed by atoms with Crippen molar-refractivity contribution in [2.24, 2.45) is 12.8 Å². The first-order valence-corrected chi connectivity index (χ1v) is 7.42. The molecule has 0 aliphatic carbocycles. The molecule has 0 saturated heterocycles. The summed E-state index contributed by atoms with van der Waals surface area (Å²) in [6.45, 7) is 3.78. The normalized spacial score (nSPS) is 11.0. The predicted octanol–water partition coefficient (Wildman–Crippen LogP) is -0.324. The molecule has 0 atom stereocenters. The smallest absolute Gasteiger partial charge is 0.287 e. The Balaban J connectivity index is 2.27. The van der Waals surface area contributed by atoms with E-state index < -0.39 is 11.5 Å². The summed E-state index contributed by atoms with van der Waals surface area (Å²) in [6, 6.07) is 1.92. The number of pyridine rings is 1. The van der Waals surface area contributed by atoms with E-state index in [0.717, 1.165) is 16.6 Å². The molecule has 4 N–H and O–H groups in total. The molecule has 0 fully saturated rings. The topological polar surface area (TPSA) is 119 Å². The van der Waals surface area contributed by atoms with Crippen molar-refractivity contribution in [1.82, 2.24) is 30.0 Å². The lowest BCUT2D eigenvalue weighted by atomic mass is 10.2. The molecule has 0 aromatic carbocycles. The van der Waals surface area contributed by atoms with E-state index in [0.29, 0.717) is 11.3 Å². The quantitative estimate of drug-likeness (QED) is 0.408. The van der Waals surface area contributed by atoms with E-state index in [2.05, 4.69) is 33.2 Å². The van der Waals surface area contributed by atoms with Crippen LogP contribution in [0.25, 0.3) is 16.7 Å². The fraction of sp³-hybridized carbons (Fsp3) is 0.214. The fourth-order valence-corrected chi connectivity index (χ4v) is 2.70. The van der Waals surface area contributed by atoms with E-state index in [1.54, 1.807) is 11.6 Å². The van der Waals surface area contributed by atoms with Crippen molar-refractivity contribution in [3.8, 4) is 0 Å². The van der Waals surface area contributed by atoms with Crippen molar-refractivity contribution < 1.29 is 4.79 Å². The van der Waals surface area contributed by atoms with Crippen molar-refractivity contribution in [1.29, 1.82) is 0 Å². The SMILES string of the molecule is Cc1cc(C)c2c(n1)nn1c(=O)c(C(=O)NNC(N)=S)cn(C)c21. The molecule has 24 heavy (non-hydrogen) atoms. The third kappa shape index (κ3) is 2.46. The first kappa shape index (κ1) is 15.9. The summed E-state index contributed by atoms with van der Waals surface area (Å²) in [7, 11) is 1.73. The molecule has 0 bridgehead atoms. The number of nitrogens with two attached hydrogens (primary N) is 1. The zero-order chi connectivity index (χ0) is 17.6. The van der Waals surface area contributed by atoms with E-state index in [1.165, 1.54) is 10.7 Å². The first-order chi connectivity index (χ1) is 11.3. The van der Waals surface area contributed by atoms with Crippen molar-refractivity contribution in [2.75, 3.05) is 0 Å². The number of nitrogens with one attached hydrogen (secondary N) is 2. The average Bonchev–Trinajstić information content (AvgIpc) is 2.88. The van der Waals surface area contributed by atoms with Gasteiger partial charge in [-0.3, -0.25) is 20.4 Å². The molecule has 0 aliphatic heterocycles. The zero-order valence-corrected chi connectivity index (χ0v) is 14.1. The van der Waals surface area contributed by atoms with E-state index in [1.807, 2.05) is 19.9 Å². The summed E-state index contributed by atoms with van der Waals surface area (Å²) in [4.78, 5) is 29.1. The van der Waals surface area contributed by atoms with Gasteiger partial charge < -0.3 is 10.3 Å². The number of carbonyl (C=O) groups is 1. The summed E-state index contributed by atoms with van der Waals surface area (Å²) in [5, 5.41) is 4.92. The number of rotatable bonds is 1. The summed E-state index contributed by atoms with van der Waals surface area (Å²) in [5.74, 6) is -0.661. The minimum Gasteiger partial charge on any atom is -0.375 e. The number of amides is 1. The Morgan fingerprint density at radius 3 is 2.71 bits per heavy atom. The Labute approximate surface area is 141 Å². The number of fused-ring (bicyclic) bond motifs is 3. The van der Waals surface area contributed by atoms with Crippen LogP contribution in [0.3, 0.4) is 0 Å². The number of aryl methyl sites for hydroxylation is 3. The van der Waals surface area contributed by atoms with Gasteiger partial charge in [-0.15, -0.1) is 5.10 Å². The van der Waals surface area contributed by atoms with Crippen LogP contribution < -0.4 is 22.1 Å². The Morgan fingerprint density at radius 1 is 1.33 bits per heavy atom. The predicted molar refractivity (Wildman–Crippen MR) is 92.6 cm³/mol. The second-order valence-corrected chi connectivity index (χ2v) is 5.86. The van der Waals surface area contributed by atoms with Crippen LogP contribution >= 0.6 is 12.2 Å². The number of carbonyl (C=O) groups excluding carboxylic acids is 1. The van der Waals surface area contributed by atoms with Gasteiger partial charge in [0.15, 0.2) is 10.8 Å². The third-order valence-electron chi connectivity index (χ3n) is 3.57. The monoisotopic (exact) mass is 345 g/mol. The molecule has 3 aromatic rings. The molecular weight excluding hydrogens is 330 g/mol. The minimum absolute atomic E-state index is 0.101. The third-order valence-corrected chi connectivity index (χ3v) is 3.67. The molecule has 10 heteroatoms. The summed E-state index contributed by atoms with van der Waals surface area (Å²) in [5.41, 5.74) is 11.9. The molecule has 9 nitrogen and oxygen atoms in total. The van der Waals surface area contributed by atoms with Gasteiger partial charge in [0, 0.05) is 18.9 Å². The molecule has 0 saturated carbocycles. The van der Waals surface area contributed by atoms with Crippen LogP contribution in [0.1, 0.15) is 21.6 Å². The van der Waals surface area contributed by atoms with Gasteiger partial charge in [-0.1, -0.05) is 0 Å². The van der Waals surface area contributed by atoms with Gasteiger partial charge in [0.2, 0.25) is 0 Å². The molecule has 0 unspecified atom stereocenters. The second-order valence-electron chi connectivity index (χ2n) is 5.42. The highest BCUT2D eigenvalue weighted by molar-refractivity contribution is 7.80. The Morgan fingerprint density at radius 2 is 2.04 bits per heavy atom. The molecule has 0 radical (unpaired) electrons. The molecule has 0 aliphatic rings. The van der Waals surface area contributed by atoms with Crippen LogP contribution in [0.15, 0.2) is 17.1 Å². The molecule has 124 valence electrons. The number of aromatic nitrogens is 4. The Hall–Kier alpha value is -3.01. The first-order valence-electron chi connectivity index (χ1n) is 7.01. The molecule has 1 amide bonds. The molecule has 3 heterocycles. The van der Waals surface area contributed by atoms with E-state index >= 15 is 0 Å². The van der Waals surface area contributed by atoms with Gasteiger partial charge in [0.25, 0.3) is 11.5 Å². The van der Waals surface area contributed by atoms with E-state index in [9.17, 15) is 9.59 Å². The lowest BCUT2D eigenvalue weighted by molar-refractivity contribution is 0.0941. The van der Waals surface area contributed by atoms with Crippen LogP contribution in [0.2, 0.25) is 0 Å². The second kappa shape index (κ2) is 5.57. The van der Waals surface area contributed by atoms with Gasteiger partial charge in [0.05, 0.1) is 5.39 Å². The largest absolute Gasteiger partial charge is 0.375 e. The van der Waals surface area contributed by atoms with Crippen molar-refractivity contribution in [2.45, 2.75) is 13.8 Å². The number of thiocarbonyl (C=S) groups is 1. The number of hydrogen-bond donors (Lipinski definition) is 3. The van der Waals surface area contributed by atoms with Crippen LogP contribution in [0, 0.1) is 13.8 Å². The molecule has 3 aromatic heterocycles. The summed E-state index contributed by atoms with van der Waals surface area (Å²) < 4.78 is 2.84. The lowest BCUT2D eigenvalue weighted by Crippen LogP contribution is -2.46. The van der Waals surface area contributed by atoms with Gasteiger partial charge >= 0.3 is 0 Å². The van der Waals surface area contributed by atoms with Crippen molar-refractivity contribution >= 4 is 39.9 Å². The number of hydrogen-bond acceptors (Lipinski definition) is 5. The van der Waals surface area contributed by atoms with Crippen LogP contribution in [0.4, 0.5) is 0 Å². The molecule has 3 rings (SSSR count). The van der Waals surface area contributed by atoms with Gasteiger partial charge in [-0.2, -0.15) is 4.52 Å². The van der Waals surface area contributed by atoms with Crippen molar-refractivity contribution in [3.63, 3.8) is 0 Å². The summed E-state index contributed by atoms with van der Waals surface area (Å²) in [6.07, 6.45) is 1.44. The fourth-order valence-electron chi connectivity index (χ4n) is 2.65. The molecule has 0 spiro atoms. The molecular formula is C14H15N7O2S. The zero-order valence-electron chi connectivity index (χ0n) is 13.2. The highest BCUT2D eigenvalue weighted by Crippen LogP contribution is 2.21. The van der Waals surface area contributed by atoms with Crippen LogP contribution in [-0.2, 0) is 7.05 Å². The number of hydrazine groups is 1. The van der Waals surface area contributed by atoms with E-state index in [-0.39, 0.29) is 10.7 Å². The van der Waals surface area contributed by atoms with Gasteiger partial charge in [-0.25, -0.2) is 4.98 Å². The van der Waals surface area contributed by atoms with Crippen molar-refractivity contribution in [3.05, 3.63) is 39.4 Å². The van der Waals surface area contributed by atoms with Gasteiger partial charge in [-0.05, 0) is 37.7 Å². The highest BCUT2D eigenvalue weighted by atomic mass is 32.1. The lowest BCUT2D eigenvalue weighted by Gasteiger charge is -2.09. The van der Waals surface area contributed by atoms with Crippen LogP contribution in [0.5, 0.6) is 0 Å². The standard InChI is InChI=1S/C14H15N7O2S/c1-6-4-7(2)16-10-9(6)12-20(3)5-8(13(23)21(12)19-10)11(22)17-18-14(15)24/h4-5H,1-3H3,(H,17,22)(H3,15,18,24). The highest BCUT2D eigenvalue weighted by Gasteiger charge is 2.19. The Kier molecular flexibility index (Phi) is 3.68. The maximum absolute atomic E-state index is 12.6. The van der Waals surface area contributed by atoms with E-state index in [4.69, 9.17) is 5.73 Å². The number of nitrogens with zero attached hydrogens (tertiary/aromatic N) is 4. The van der Waals surface area contributed by atoms with Crippen LogP contribution in [-0.4, -0.2) is 30.2 Å². The maximum Gasteiger partial charge on any atom is 0.287 e. The minimum atomic E-state index is -0.661.